The first-order valence-corrected chi connectivity index (χ1v) is 11.0. The van der Waals surface area contributed by atoms with Gasteiger partial charge in [0, 0.05) is 51.3 Å². The lowest BCUT2D eigenvalue weighted by Crippen LogP contribution is -2.41. The zero-order valence-electron chi connectivity index (χ0n) is 16.2. The Bertz CT molecular complexity index is 779. The van der Waals surface area contributed by atoms with E-state index < -0.39 is 10.0 Å². The topological polar surface area (TPSA) is 103 Å². The Kier molecular flexibility index (Phi) is 7.61. The average molecular weight is 396 g/mol. The van der Waals surface area contributed by atoms with Gasteiger partial charge in [0.25, 0.3) is 0 Å². The number of anilines is 1. The maximum absolute atomic E-state index is 11.9. The summed E-state index contributed by atoms with van der Waals surface area (Å²) in [6.45, 7) is 3.96. The first kappa shape index (κ1) is 21.2. The summed E-state index contributed by atoms with van der Waals surface area (Å²) in [5, 5.41) is 9.35. The maximum atomic E-state index is 11.9. The van der Waals surface area contributed by atoms with Crippen LogP contribution in [0.4, 0.5) is 5.69 Å². The lowest BCUT2D eigenvalue weighted by atomic mass is 9.90. The third-order valence-corrected chi connectivity index (χ3v) is 5.92. The zero-order valence-corrected chi connectivity index (χ0v) is 17.0. The summed E-state index contributed by atoms with van der Waals surface area (Å²) < 4.78 is 24.6. The number of nitrogens with zero attached hydrogens (tertiary/aromatic N) is 2. The molecule has 1 aromatic carbocycles. The van der Waals surface area contributed by atoms with Gasteiger partial charge < -0.3 is 16.0 Å². The molecule has 2 rings (SSSR count). The molecule has 0 aromatic heterocycles. The fourth-order valence-corrected chi connectivity index (χ4v) is 4.07. The number of rotatable bonds is 8. The van der Waals surface area contributed by atoms with Gasteiger partial charge >= 0.3 is 0 Å². The molecular weight excluding hydrogens is 366 g/mol. The maximum Gasteiger partial charge on any atom is 0.225 e. The van der Waals surface area contributed by atoms with Crippen LogP contribution in [0.25, 0.3) is 0 Å². The smallest absolute Gasteiger partial charge is 0.225 e. The molecule has 0 saturated carbocycles. The van der Waals surface area contributed by atoms with E-state index in [1.54, 1.807) is 7.05 Å². The first-order chi connectivity index (χ1) is 12.8. The predicted molar refractivity (Wildman–Crippen MR) is 109 cm³/mol. The summed E-state index contributed by atoms with van der Waals surface area (Å²) in [6, 6.07) is 7.82. The van der Waals surface area contributed by atoms with Gasteiger partial charge in [0.2, 0.25) is 15.9 Å². The number of hydrogen-bond acceptors (Lipinski definition) is 4. The minimum atomic E-state index is -3.16. The second-order valence-corrected chi connectivity index (χ2v) is 8.51. The van der Waals surface area contributed by atoms with Crippen LogP contribution in [0.15, 0.2) is 29.3 Å². The van der Waals surface area contributed by atoms with Crippen LogP contribution < -0.4 is 16.0 Å². The molecule has 150 valence electrons. The fraction of sp³-hybridized carbons (Fsp3) is 0.556. The minimum absolute atomic E-state index is 0.0175. The first-order valence-electron chi connectivity index (χ1n) is 9.13. The van der Waals surface area contributed by atoms with Crippen molar-refractivity contribution >= 4 is 27.6 Å². The highest BCUT2D eigenvalue weighted by atomic mass is 32.2. The van der Waals surface area contributed by atoms with Gasteiger partial charge in [-0.15, -0.1) is 0 Å². The summed E-state index contributed by atoms with van der Waals surface area (Å²) >= 11 is 0. The number of aliphatic imine (C=N–C) groups is 1. The summed E-state index contributed by atoms with van der Waals surface area (Å²) in [5.74, 6) is 0.735. The van der Waals surface area contributed by atoms with E-state index in [2.05, 4.69) is 20.9 Å². The Morgan fingerprint density at radius 2 is 2.07 bits per heavy atom. The predicted octanol–water partition coefficient (Wildman–Crippen LogP) is 0.949. The second kappa shape index (κ2) is 9.70. The monoisotopic (exact) mass is 395 g/mol. The van der Waals surface area contributed by atoms with Crippen LogP contribution in [0.2, 0.25) is 0 Å². The highest BCUT2D eigenvalue weighted by Crippen LogP contribution is 2.31. The van der Waals surface area contributed by atoms with E-state index in [0.29, 0.717) is 45.0 Å². The van der Waals surface area contributed by atoms with Gasteiger partial charge in [0.15, 0.2) is 5.96 Å². The molecule has 1 aliphatic rings. The van der Waals surface area contributed by atoms with Crippen molar-refractivity contribution in [2.24, 2.45) is 4.99 Å². The average Bonchev–Trinajstić information content (AvgIpc) is 2.62. The molecule has 8 nitrogen and oxygen atoms in total. The molecule has 1 unspecified atom stereocenters. The molecule has 0 spiro atoms. The standard InChI is InChI=1S/C18H29N5O3S/c1-4-23(27(3,25)26)11-7-10-20-18(19-2)21-13-14-12-17(24)22-16-9-6-5-8-15(14)16/h5-6,8-9,14H,4,7,10-13H2,1-3H3,(H,22,24)(H2,19,20,21). The third kappa shape index (κ3) is 6.21. The van der Waals surface area contributed by atoms with Crippen LogP contribution >= 0.6 is 0 Å². The number of nitrogens with one attached hydrogen (secondary N) is 3. The molecule has 0 bridgehead atoms. The van der Waals surface area contributed by atoms with E-state index in [4.69, 9.17) is 0 Å². The van der Waals surface area contributed by atoms with Gasteiger partial charge in [0.1, 0.15) is 0 Å². The largest absolute Gasteiger partial charge is 0.356 e. The minimum Gasteiger partial charge on any atom is -0.356 e. The quantitative estimate of drug-likeness (QED) is 0.345. The van der Waals surface area contributed by atoms with Gasteiger partial charge in [0.05, 0.1) is 6.26 Å². The molecule has 0 radical (unpaired) electrons. The summed E-state index contributed by atoms with van der Waals surface area (Å²) in [6.07, 6.45) is 2.33. The molecule has 1 heterocycles. The number of carbonyl (C=O) groups is 1. The van der Waals surface area contributed by atoms with Crippen LogP contribution in [0, 0.1) is 0 Å². The number of benzene rings is 1. The Hall–Kier alpha value is -2.13. The number of hydrogen-bond donors (Lipinski definition) is 3. The van der Waals surface area contributed by atoms with Crippen LogP contribution in [-0.4, -0.2) is 64.1 Å². The number of guanidine groups is 1. The van der Waals surface area contributed by atoms with Crippen LogP contribution in [0.1, 0.15) is 31.2 Å². The van der Waals surface area contributed by atoms with Gasteiger partial charge in [-0.25, -0.2) is 12.7 Å². The van der Waals surface area contributed by atoms with E-state index >= 15 is 0 Å². The Balaban J connectivity index is 1.82. The summed E-state index contributed by atoms with van der Waals surface area (Å²) in [7, 11) is -1.47. The highest BCUT2D eigenvalue weighted by Gasteiger charge is 2.24. The van der Waals surface area contributed by atoms with Gasteiger partial charge in [-0.05, 0) is 18.1 Å². The third-order valence-electron chi connectivity index (χ3n) is 4.54. The van der Waals surface area contributed by atoms with Crippen LogP contribution in [0.5, 0.6) is 0 Å². The van der Waals surface area contributed by atoms with Gasteiger partial charge in [-0.3, -0.25) is 9.79 Å². The van der Waals surface area contributed by atoms with Crippen LogP contribution in [0.3, 0.4) is 0 Å². The molecule has 0 fully saturated rings. The van der Waals surface area contributed by atoms with Gasteiger partial charge in [-0.2, -0.15) is 0 Å². The van der Waals surface area contributed by atoms with Crippen molar-refractivity contribution in [3.63, 3.8) is 0 Å². The number of fused-ring (bicyclic) bond motifs is 1. The normalized spacial score (nSPS) is 17.4. The SMILES string of the molecule is CCN(CCCNC(=NC)NCC1CC(=O)Nc2ccccc21)S(C)(=O)=O. The van der Waals surface area contributed by atoms with Crippen molar-refractivity contribution in [2.45, 2.75) is 25.7 Å². The molecule has 0 aliphatic carbocycles. The summed E-state index contributed by atoms with van der Waals surface area (Å²) in [5.41, 5.74) is 1.98. The summed E-state index contributed by atoms with van der Waals surface area (Å²) in [4.78, 5) is 16.1. The molecule has 1 aliphatic heterocycles. The van der Waals surface area contributed by atoms with E-state index in [-0.39, 0.29) is 11.8 Å². The molecule has 3 N–H and O–H groups in total. The second-order valence-electron chi connectivity index (χ2n) is 6.52. The Morgan fingerprint density at radius 3 is 2.74 bits per heavy atom. The lowest BCUT2D eigenvalue weighted by molar-refractivity contribution is -0.116. The highest BCUT2D eigenvalue weighted by molar-refractivity contribution is 7.88. The Labute approximate surface area is 161 Å². The van der Waals surface area contributed by atoms with Crippen molar-refractivity contribution in [3.05, 3.63) is 29.8 Å². The van der Waals surface area contributed by atoms with E-state index in [0.717, 1.165) is 11.3 Å². The van der Waals surface area contributed by atoms with Crippen molar-refractivity contribution in [2.75, 3.05) is 44.8 Å². The van der Waals surface area contributed by atoms with Crippen molar-refractivity contribution in [1.29, 1.82) is 0 Å². The molecule has 0 saturated heterocycles. The Morgan fingerprint density at radius 1 is 1.33 bits per heavy atom. The number of amides is 1. The lowest BCUT2D eigenvalue weighted by Gasteiger charge is -2.26. The fourth-order valence-electron chi connectivity index (χ4n) is 3.15. The molecule has 1 atom stereocenters. The molecule has 27 heavy (non-hydrogen) atoms. The van der Waals surface area contributed by atoms with Crippen molar-refractivity contribution < 1.29 is 13.2 Å². The van der Waals surface area contributed by atoms with Crippen molar-refractivity contribution in [3.8, 4) is 0 Å². The van der Waals surface area contributed by atoms with E-state index in [1.165, 1.54) is 10.6 Å². The number of carbonyl (C=O) groups excluding carboxylic acids is 1. The van der Waals surface area contributed by atoms with Crippen LogP contribution in [-0.2, 0) is 14.8 Å². The van der Waals surface area contributed by atoms with Crippen molar-refractivity contribution in [1.82, 2.24) is 14.9 Å². The zero-order chi connectivity index (χ0) is 19.9. The van der Waals surface area contributed by atoms with E-state index in [9.17, 15) is 13.2 Å². The van der Waals surface area contributed by atoms with E-state index in [1.807, 2.05) is 31.2 Å². The molecule has 1 amide bonds. The molecular formula is C18H29N5O3S. The molecule has 9 heteroatoms. The molecule has 1 aromatic rings. The van der Waals surface area contributed by atoms with Gasteiger partial charge in [-0.1, -0.05) is 25.1 Å². The number of sulfonamides is 1. The number of para-hydroxylation sites is 1.